The van der Waals surface area contributed by atoms with Gasteiger partial charge in [0.2, 0.25) is 0 Å². The number of aromatic nitrogens is 3. The molecule has 1 atom stereocenters. The molecule has 2 aromatic rings. The van der Waals surface area contributed by atoms with Crippen LogP contribution in [0, 0.1) is 6.92 Å². The second-order valence-electron chi connectivity index (χ2n) is 7.44. The van der Waals surface area contributed by atoms with Crippen LogP contribution in [0.4, 0.5) is 0 Å². The van der Waals surface area contributed by atoms with E-state index in [4.69, 9.17) is 4.74 Å². The van der Waals surface area contributed by atoms with Crippen molar-refractivity contribution in [3.63, 3.8) is 0 Å². The van der Waals surface area contributed by atoms with Gasteiger partial charge in [-0.1, -0.05) is 30.3 Å². The van der Waals surface area contributed by atoms with E-state index in [9.17, 15) is 4.79 Å². The molecule has 2 heterocycles. The topological polar surface area (TPSA) is 79.9 Å². The number of rotatable bonds is 5. The van der Waals surface area contributed by atoms with E-state index in [0.29, 0.717) is 17.9 Å². The maximum Gasteiger partial charge on any atom is 0.273 e. The zero-order valence-electron chi connectivity index (χ0n) is 15.1. The summed E-state index contributed by atoms with van der Waals surface area (Å²) in [6, 6.07) is 10.6. The molecule has 0 bridgehead atoms. The van der Waals surface area contributed by atoms with Crippen molar-refractivity contribution < 1.29 is 9.53 Å². The number of carbonyl (C=O) groups excluding carboxylic acids is 1. The van der Waals surface area contributed by atoms with Crippen LogP contribution >= 0.6 is 0 Å². The Labute approximate surface area is 148 Å². The second-order valence-corrected chi connectivity index (χ2v) is 7.44. The maximum atomic E-state index is 12.3. The smallest absolute Gasteiger partial charge is 0.273 e. The Morgan fingerprint density at radius 1 is 1.28 bits per heavy atom. The molecule has 6 heteroatoms. The average molecular weight is 342 g/mol. The van der Waals surface area contributed by atoms with Gasteiger partial charge in [-0.25, -0.2) is 0 Å². The predicted molar refractivity (Wildman–Crippen MR) is 95.5 cm³/mol. The number of benzene rings is 1. The number of aromatic amines is 1. The van der Waals surface area contributed by atoms with Crippen LogP contribution in [-0.4, -0.2) is 40.1 Å². The molecule has 1 aromatic carbocycles. The van der Waals surface area contributed by atoms with Gasteiger partial charge in [0.05, 0.1) is 11.3 Å². The molecule has 0 spiro atoms. The molecule has 1 fully saturated rings. The largest absolute Gasteiger partial charge is 0.376 e. The lowest BCUT2D eigenvalue weighted by Crippen LogP contribution is -2.45. The number of nitrogens with one attached hydrogen (secondary N) is 2. The number of hydrogen-bond donors (Lipinski definition) is 2. The quantitative estimate of drug-likeness (QED) is 0.875. The molecular weight excluding hydrogens is 316 g/mol. The van der Waals surface area contributed by atoms with Gasteiger partial charge in [-0.15, -0.1) is 0 Å². The van der Waals surface area contributed by atoms with E-state index in [2.05, 4.69) is 58.8 Å². The predicted octanol–water partition coefficient (Wildman–Crippen LogP) is 2.76. The lowest BCUT2D eigenvalue weighted by molar-refractivity contribution is -0.0838. The molecule has 2 N–H and O–H groups in total. The Bertz CT molecular complexity index is 726. The van der Waals surface area contributed by atoms with Crippen LogP contribution in [0.25, 0.3) is 0 Å². The third-order valence-electron chi connectivity index (χ3n) is 5.05. The second kappa shape index (κ2) is 6.96. The third-order valence-corrected chi connectivity index (χ3v) is 5.05. The first-order chi connectivity index (χ1) is 11.9. The van der Waals surface area contributed by atoms with Crippen LogP contribution < -0.4 is 5.32 Å². The molecule has 1 aromatic heterocycles. The minimum Gasteiger partial charge on any atom is -0.376 e. The normalized spacial score (nSPS) is 22.5. The van der Waals surface area contributed by atoms with E-state index < -0.39 is 0 Å². The van der Waals surface area contributed by atoms with Crippen molar-refractivity contribution in [1.29, 1.82) is 0 Å². The standard InChI is InChI=1S/C19H26N4O2/c1-14-16(22-23-21-14)17(24)20-11-9-19(15-7-5-4-6-8-15)10-12-25-18(2,3)13-19/h4-8H,9-13H2,1-3H3,(H,20,24)(H,21,22,23). The van der Waals surface area contributed by atoms with Gasteiger partial charge in [-0.05, 0) is 45.6 Å². The van der Waals surface area contributed by atoms with Gasteiger partial charge in [0.1, 0.15) is 0 Å². The van der Waals surface area contributed by atoms with E-state index in [-0.39, 0.29) is 16.9 Å². The molecule has 1 unspecified atom stereocenters. The average Bonchev–Trinajstić information content (AvgIpc) is 3.01. The van der Waals surface area contributed by atoms with E-state index >= 15 is 0 Å². The van der Waals surface area contributed by atoms with Crippen LogP contribution in [0.15, 0.2) is 30.3 Å². The van der Waals surface area contributed by atoms with Gasteiger partial charge in [-0.3, -0.25) is 4.79 Å². The Morgan fingerprint density at radius 2 is 2.04 bits per heavy atom. The number of hydrogen-bond acceptors (Lipinski definition) is 4. The number of ether oxygens (including phenoxy) is 1. The van der Waals surface area contributed by atoms with E-state index in [1.165, 1.54) is 5.56 Å². The molecule has 1 aliphatic heterocycles. The van der Waals surface area contributed by atoms with Crippen LogP contribution in [0.1, 0.15) is 54.9 Å². The fourth-order valence-electron chi connectivity index (χ4n) is 3.87. The van der Waals surface area contributed by atoms with Crippen molar-refractivity contribution >= 4 is 5.91 Å². The molecule has 0 radical (unpaired) electrons. The lowest BCUT2D eigenvalue weighted by atomic mass is 9.67. The van der Waals surface area contributed by atoms with Crippen molar-refractivity contribution in [2.45, 2.75) is 51.0 Å². The van der Waals surface area contributed by atoms with Crippen molar-refractivity contribution in [3.8, 4) is 0 Å². The van der Waals surface area contributed by atoms with E-state index in [1.807, 2.05) is 6.07 Å². The Kier molecular flexibility index (Phi) is 4.90. The summed E-state index contributed by atoms with van der Waals surface area (Å²) in [5.41, 5.74) is 2.14. The van der Waals surface area contributed by atoms with Gasteiger partial charge >= 0.3 is 0 Å². The highest BCUT2D eigenvalue weighted by Crippen LogP contribution is 2.43. The monoisotopic (exact) mass is 342 g/mol. The van der Waals surface area contributed by atoms with Gasteiger partial charge in [0.15, 0.2) is 5.69 Å². The molecule has 25 heavy (non-hydrogen) atoms. The Balaban J connectivity index is 1.73. The minimum atomic E-state index is -0.180. The lowest BCUT2D eigenvalue weighted by Gasteiger charge is -2.45. The van der Waals surface area contributed by atoms with Gasteiger partial charge in [-0.2, -0.15) is 15.4 Å². The minimum absolute atomic E-state index is 0.00909. The zero-order valence-corrected chi connectivity index (χ0v) is 15.1. The molecule has 1 aliphatic rings. The molecule has 3 rings (SSSR count). The van der Waals surface area contributed by atoms with E-state index in [0.717, 1.165) is 25.9 Å². The summed E-state index contributed by atoms with van der Waals surface area (Å²) < 4.78 is 5.93. The van der Waals surface area contributed by atoms with Crippen LogP contribution in [0.3, 0.4) is 0 Å². The molecular formula is C19H26N4O2. The summed E-state index contributed by atoms with van der Waals surface area (Å²) in [6.07, 6.45) is 2.76. The number of aryl methyl sites for hydroxylation is 1. The van der Waals surface area contributed by atoms with Crippen molar-refractivity contribution in [3.05, 3.63) is 47.3 Å². The number of H-pyrrole nitrogens is 1. The van der Waals surface area contributed by atoms with Gasteiger partial charge < -0.3 is 10.1 Å². The first kappa shape index (κ1) is 17.6. The Morgan fingerprint density at radius 3 is 2.68 bits per heavy atom. The summed E-state index contributed by atoms with van der Waals surface area (Å²) in [7, 11) is 0. The summed E-state index contributed by atoms with van der Waals surface area (Å²) in [4.78, 5) is 12.3. The number of carbonyl (C=O) groups is 1. The molecule has 134 valence electrons. The van der Waals surface area contributed by atoms with Crippen LogP contribution in [-0.2, 0) is 10.2 Å². The third kappa shape index (κ3) is 3.90. The fourth-order valence-corrected chi connectivity index (χ4v) is 3.87. The molecule has 6 nitrogen and oxygen atoms in total. The fraction of sp³-hybridized carbons (Fsp3) is 0.526. The summed E-state index contributed by atoms with van der Waals surface area (Å²) in [6.45, 7) is 7.38. The summed E-state index contributed by atoms with van der Waals surface area (Å²) in [5.74, 6) is -0.180. The van der Waals surface area contributed by atoms with Gasteiger partial charge in [0.25, 0.3) is 5.91 Å². The van der Waals surface area contributed by atoms with Crippen LogP contribution in [0.2, 0.25) is 0 Å². The number of nitrogens with zero attached hydrogens (tertiary/aromatic N) is 2. The summed E-state index contributed by atoms with van der Waals surface area (Å²) in [5, 5.41) is 13.3. The first-order valence-corrected chi connectivity index (χ1v) is 8.77. The summed E-state index contributed by atoms with van der Waals surface area (Å²) >= 11 is 0. The van der Waals surface area contributed by atoms with E-state index in [1.54, 1.807) is 6.92 Å². The SMILES string of the molecule is Cc1n[nH]nc1C(=O)NCCC1(c2ccccc2)CCOC(C)(C)C1. The molecule has 1 saturated heterocycles. The van der Waals surface area contributed by atoms with Crippen LogP contribution in [0.5, 0.6) is 0 Å². The number of amides is 1. The highest BCUT2D eigenvalue weighted by atomic mass is 16.5. The first-order valence-electron chi connectivity index (χ1n) is 8.77. The van der Waals surface area contributed by atoms with Crippen molar-refractivity contribution in [1.82, 2.24) is 20.7 Å². The molecule has 0 aliphatic carbocycles. The molecule has 0 saturated carbocycles. The Hall–Kier alpha value is -2.21. The maximum absolute atomic E-state index is 12.3. The zero-order chi connectivity index (χ0) is 17.9. The van der Waals surface area contributed by atoms with Crippen molar-refractivity contribution in [2.75, 3.05) is 13.2 Å². The highest BCUT2D eigenvalue weighted by molar-refractivity contribution is 5.93. The highest BCUT2D eigenvalue weighted by Gasteiger charge is 2.41. The van der Waals surface area contributed by atoms with Crippen molar-refractivity contribution in [2.24, 2.45) is 0 Å². The molecule has 1 amide bonds. The van der Waals surface area contributed by atoms with Gasteiger partial charge in [0, 0.05) is 18.6 Å².